The van der Waals surface area contributed by atoms with Crippen LogP contribution in [0.15, 0.2) is 221 Å². The highest BCUT2D eigenvalue weighted by molar-refractivity contribution is 9.11. The van der Waals surface area contributed by atoms with Gasteiger partial charge in [-0.2, -0.15) is 0 Å². The number of nitrogens with zero attached hydrogens (tertiary/aromatic N) is 3. The molecule has 1 aliphatic rings. The first-order chi connectivity index (χ1) is 29.6. The number of halogens is 2. The van der Waals surface area contributed by atoms with Crippen molar-refractivity contribution >= 4 is 121 Å². The molecule has 3 heterocycles. The number of rotatable bonds is 5. The summed E-state index contributed by atoms with van der Waals surface area (Å²) >= 11 is 8.04. The Morgan fingerprint density at radius 3 is 1.53 bits per heavy atom. The van der Waals surface area contributed by atoms with Crippen molar-refractivity contribution in [1.82, 2.24) is 9.13 Å². The van der Waals surface area contributed by atoms with Gasteiger partial charge < -0.3 is 14.0 Å². The highest BCUT2D eigenvalue weighted by Gasteiger charge is 2.49. The molecule has 11 aromatic rings. The van der Waals surface area contributed by atoms with Crippen molar-refractivity contribution in [1.29, 1.82) is 0 Å². The lowest BCUT2D eigenvalue weighted by Crippen LogP contribution is -2.77. The van der Waals surface area contributed by atoms with Crippen molar-refractivity contribution in [2.75, 3.05) is 4.90 Å². The summed E-state index contributed by atoms with van der Waals surface area (Å²) in [6.45, 7) is 0. The fourth-order valence-corrected chi connectivity index (χ4v) is 16.4. The zero-order chi connectivity index (χ0) is 40.0. The van der Waals surface area contributed by atoms with Gasteiger partial charge in [0.05, 0.1) is 33.4 Å². The predicted molar refractivity (Wildman–Crippen MR) is 262 cm³/mol. The second-order valence-electron chi connectivity index (χ2n) is 15.5. The van der Waals surface area contributed by atoms with Crippen LogP contribution in [0, 0.1) is 0 Å². The maximum Gasteiger partial charge on any atom is 0.184 e. The lowest BCUT2D eigenvalue weighted by atomic mass is 10.1. The van der Waals surface area contributed by atoms with Crippen molar-refractivity contribution in [2.24, 2.45) is 0 Å². The van der Waals surface area contributed by atoms with E-state index in [1.165, 1.54) is 75.7 Å². The van der Waals surface area contributed by atoms with Crippen LogP contribution < -0.4 is 25.6 Å². The minimum atomic E-state index is -2.98. The molecule has 6 heteroatoms. The van der Waals surface area contributed by atoms with Crippen LogP contribution in [0.4, 0.5) is 17.1 Å². The van der Waals surface area contributed by atoms with Crippen LogP contribution in [-0.2, 0) is 0 Å². The number of hydrogen-bond donors (Lipinski definition) is 0. The average molecular weight is 914 g/mol. The molecule has 0 N–H and O–H groups in total. The first kappa shape index (κ1) is 35.5. The zero-order valence-electron chi connectivity index (χ0n) is 32.3. The lowest BCUT2D eigenvalue weighted by molar-refractivity contribution is 1.17. The maximum atomic E-state index is 4.10. The molecule has 0 aliphatic carbocycles. The van der Waals surface area contributed by atoms with E-state index in [1.54, 1.807) is 0 Å². The summed E-state index contributed by atoms with van der Waals surface area (Å²) in [4.78, 5) is 2.44. The SMILES string of the molecule is Brc1ccccc1N1c2ccccc2[Si](c2ccccc2)(c2cccc(-n3c4ccccc4c4cc(-n5c6ccccc6c6ccccc65)ccc43)c2)c2cccc(Br)c21. The molecule has 0 spiro atoms. The topological polar surface area (TPSA) is 13.1 Å². The molecule has 0 bridgehead atoms. The molecule has 12 rings (SSSR count). The van der Waals surface area contributed by atoms with Gasteiger partial charge in [0.1, 0.15) is 0 Å². The minimum Gasteiger partial charge on any atom is -0.309 e. The van der Waals surface area contributed by atoms with Crippen molar-refractivity contribution in [2.45, 2.75) is 0 Å². The molecule has 9 aromatic carbocycles. The van der Waals surface area contributed by atoms with Crippen LogP contribution in [-0.4, -0.2) is 17.2 Å². The fourth-order valence-electron chi connectivity index (χ4n) is 10.1. The molecule has 1 aliphatic heterocycles. The molecule has 3 nitrogen and oxygen atoms in total. The second-order valence-corrected chi connectivity index (χ2v) is 21.0. The highest BCUT2D eigenvalue weighted by atomic mass is 79.9. The molecule has 284 valence electrons. The monoisotopic (exact) mass is 911 g/mol. The number of fused-ring (bicyclic) bond motifs is 8. The van der Waals surface area contributed by atoms with E-state index in [2.05, 4.69) is 258 Å². The Kier molecular flexibility index (Phi) is 8.17. The summed E-state index contributed by atoms with van der Waals surface area (Å²) in [5.41, 5.74) is 10.6. The van der Waals surface area contributed by atoms with Gasteiger partial charge >= 0.3 is 0 Å². The van der Waals surface area contributed by atoms with Crippen molar-refractivity contribution < 1.29 is 0 Å². The van der Waals surface area contributed by atoms with Crippen molar-refractivity contribution in [3.63, 3.8) is 0 Å². The van der Waals surface area contributed by atoms with E-state index in [1.807, 2.05) is 0 Å². The molecule has 0 saturated carbocycles. The Labute approximate surface area is 365 Å². The largest absolute Gasteiger partial charge is 0.309 e. The molecular formula is C54H35Br2N3Si. The Morgan fingerprint density at radius 2 is 0.833 bits per heavy atom. The third-order valence-corrected chi connectivity index (χ3v) is 18.6. The second kappa shape index (κ2) is 13.8. The number of benzene rings is 9. The van der Waals surface area contributed by atoms with E-state index in [0.717, 1.165) is 26.0 Å². The normalized spacial score (nSPS) is 14.9. The van der Waals surface area contributed by atoms with Crippen LogP contribution >= 0.6 is 31.9 Å². The Hall–Kier alpha value is -6.44. The number of anilines is 3. The molecule has 0 saturated heterocycles. The summed E-state index contributed by atoms with van der Waals surface area (Å²) < 4.78 is 7.00. The van der Waals surface area contributed by atoms with E-state index in [0.29, 0.717) is 0 Å². The van der Waals surface area contributed by atoms with Crippen LogP contribution in [0.1, 0.15) is 0 Å². The summed E-state index contributed by atoms with van der Waals surface area (Å²) in [7, 11) is -2.98. The van der Waals surface area contributed by atoms with E-state index in [9.17, 15) is 0 Å². The minimum absolute atomic E-state index is 1.05. The van der Waals surface area contributed by atoms with Gasteiger partial charge in [-0.25, -0.2) is 0 Å². The van der Waals surface area contributed by atoms with Gasteiger partial charge in [-0.15, -0.1) is 0 Å². The first-order valence-electron chi connectivity index (χ1n) is 20.2. The van der Waals surface area contributed by atoms with Gasteiger partial charge in [0.15, 0.2) is 8.07 Å². The summed E-state index contributed by atoms with van der Waals surface area (Å²) in [5.74, 6) is 0. The Balaban J connectivity index is 1.12. The van der Waals surface area contributed by atoms with Crippen molar-refractivity contribution in [3.05, 3.63) is 221 Å². The summed E-state index contributed by atoms with van der Waals surface area (Å²) in [5, 5.41) is 10.4. The third-order valence-electron chi connectivity index (χ3n) is 12.5. The molecule has 1 unspecified atom stereocenters. The molecule has 0 amide bonds. The van der Waals surface area contributed by atoms with Gasteiger partial charge in [-0.3, -0.25) is 0 Å². The first-order valence-corrected chi connectivity index (χ1v) is 23.8. The van der Waals surface area contributed by atoms with Gasteiger partial charge in [0, 0.05) is 47.6 Å². The standard InChI is InChI=1S/C54H35Br2N3Si/c55-44-23-7-11-28-50(44)59-51-29-12-13-30-52(51)60(38-17-2-1-3-18-38,53-31-15-24-45(56)54(53)59)39-19-14-16-36(34-39)57-48-27-10-6-22-42(48)43-35-37(32-33-49(43)57)58-46-25-8-4-20-40(46)41-21-5-9-26-47(41)58/h1-35H. The van der Waals surface area contributed by atoms with Gasteiger partial charge in [0.2, 0.25) is 0 Å². The summed E-state index contributed by atoms with van der Waals surface area (Å²) in [6, 6.07) is 78.4. The lowest BCUT2D eigenvalue weighted by Gasteiger charge is -2.45. The van der Waals surface area contributed by atoms with E-state index in [-0.39, 0.29) is 0 Å². The number of para-hydroxylation sites is 6. The van der Waals surface area contributed by atoms with Gasteiger partial charge in [0.25, 0.3) is 0 Å². The van der Waals surface area contributed by atoms with Crippen LogP contribution in [0.25, 0.3) is 55.0 Å². The highest BCUT2D eigenvalue weighted by Crippen LogP contribution is 2.45. The summed E-state index contributed by atoms with van der Waals surface area (Å²) in [6.07, 6.45) is 0. The number of hydrogen-bond acceptors (Lipinski definition) is 1. The molecule has 1 atom stereocenters. The van der Waals surface area contributed by atoms with Gasteiger partial charge in [-0.05, 0) is 125 Å². The number of aromatic nitrogens is 2. The van der Waals surface area contributed by atoms with Crippen LogP contribution in [0.5, 0.6) is 0 Å². The van der Waals surface area contributed by atoms with Gasteiger partial charge in [-0.1, -0.05) is 140 Å². The average Bonchev–Trinajstić information content (AvgIpc) is 3.82. The van der Waals surface area contributed by atoms with Crippen molar-refractivity contribution in [3.8, 4) is 11.4 Å². The van der Waals surface area contributed by atoms with E-state index < -0.39 is 8.07 Å². The van der Waals surface area contributed by atoms with E-state index >= 15 is 0 Å². The maximum absolute atomic E-state index is 4.10. The van der Waals surface area contributed by atoms with Crippen LogP contribution in [0.3, 0.4) is 0 Å². The van der Waals surface area contributed by atoms with Crippen LogP contribution in [0.2, 0.25) is 0 Å². The third kappa shape index (κ3) is 5.05. The smallest absolute Gasteiger partial charge is 0.184 e. The zero-order valence-corrected chi connectivity index (χ0v) is 36.5. The molecular weight excluding hydrogens is 879 g/mol. The molecule has 2 aromatic heterocycles. The molecule has 60 heavy (non-hydrogen) atoms. The quantitative estimate of drug-likeness (QED) is 0.157. The fraction of sp³-hybridized carbons (Fsp3) is 0. The molecule has 0 radical (unpaired) electrons. The molecule has 0 fully saturated rings. The Bertz CT molecular complexity index is 3440. The predicted octanol–water partition coefficient (Wildman–Crippen LogP) is 12.6. The van der Waals surface area contributed by atoms with E-state index in [4.69, 9.17) is 0 Å². The Morgan fingerprint density at radius 1 is 0.333 bits per heavy atom.